The Hall–Kier alpha value is -2.08. The molecule has 1 unspecified atom stereocenters. The van der Waals surface area contributed by atoms with Crippen LogP contribution in [0.4, 0.5) is 0 Å². The molecule has 0 saturated carbocycles. The van der Waals surface area contributed by atoms with Gasteiger partial charge in [-0.2, -0.15) is 0 Å². The fourth-order valence-corrected chi connectivity index (χ4v) is 2.18. The van der Waals surface area contributed by atoms with Gasteiger partial charge in [-0.1, -0.05) is 38.1 Å². The summed E-state index contributed by atoms with van der Waals surface area (Å²) in [5.74, 6) is 0.739. The van der Waals surface area contributed by atoms with Gasteiger partial charge in [-0.15, -0.1) is 10.1 Å². The van der Waals surface area contributed by atoms with Gasteiger partial charge in [0.25, 0.3) is 5.09 Å². The summed E-state index contributed by atoms with van der Waals surface area (Å²) >= 11 is 0. The second-order valence-corrected chi connectivity index (χ2v) is 5.26. The Morgan fingerprint density at radius 2 is 2.24 bits per heavy atom. The molecule has 0 amide bonds. The molecule has 1 N–H and O–H groups in total. The lowest BCUT2D eigenvalue weighted by Gasteiger charge is -2.19. The highest BCUT2D eigenvalue weighted by Gasteiger charge is 2.17. The number of nitrogens with one attached hydrogen (secondary N) is 1. The average molecular weight is 292 g/mol. The van der Waals surface area contributed by atoms with Crippen molar-refractivity contribution in [1.29, 1.82) is 0 Å². The predicted octanol–water partition coefficient (Wildman–Crippen LogP) is 2.21. The van der Waals surface area contributed by atoms with Crippen LogP contribution < -0.4 is 10.1 Å². The Kier molecular flexibility index (Phi) is 5.16. The summed E-state index contributed by atoms with van der Waals surface area (Å²) in [7, 11) is 0. The van der Waals surface area contributed by atoms with Crippen molar-refractivity contribution in [1.82, 2.24) is 5.32 Å². The lowest BCUT2D eigenvalue weighted by atomic mass is 10.1. The van der Waals surface area contributed by atoms with Crippen LogP contribution in [0.5, 0.6) is 5.75 Å². The van der Waals surface area contributed by atoms with Crippen molar-refractivity contribution >= 4 is 6.08 Å². The van der Waals surface area contributed by atoms with Crippen molar-refractivity contribution in [3.8, 4) is 5.75 Å². The van der Waals surface area contributed by atoms with Gasteiger partial charge in [0.15, 0.2) is 6.10 Å². The summed E-state index contributed by atoms with van der Waals surface area (Å²) < 4.78 is 5.72. The lowest BCUT2D eigenvalue weighted by Crippen LogP contribution is -2.38. The Balaban J connectivity index is 1.96. The maximum atomic E-state index is 10.5. The SMILES string of the molecule is CC(C)NCC(COc1cccc2c1C=CC2)O[N+](=O)[O-]. The van der Waals surface area contributed by atoms with E-state index >= 15 is 0 Å². The van der Waals surface area contributed by atoms with Gasteiger partial charge in [-0.05, 0) is 18.1 Å². The van der Waals surface area contributed by atoms with Crippen molar-refractivity contribution in [3.05, 3.63) is 45.5 Å². The van der Waals surface area contributed by atoms with E-state index in [0.29, 0.717) is 6.54 Å². The summed E-state index contributed by atoms with van der Waals surface area (Å²) in [6, 6.07) is 6.07. The third kappa shape index (κ3) is 4.46. The molecule has 0 aromatic heterocycles. The van der Waals surface area contributed by atoms with Crippen molar-refractivity contribution in [2.75, 3.05) is 13.2 Å². The minimum absolute atomic E-state index is 0.130. The van der Waals surface area contributed by atoms with Gasteiger partial charge in [0, 0.05) is 18.2 Å². The summed E-state index contributed by atoms with van der Waals surface area (Å²) in [6.45, 7) is 4.44. The van der Waals surface area contributed by atoms with Crippen molar-refractivity contribution in [2.45, 2.75) is 32.4 Å². The minimum atomic E-state index is -0.772. The molecule has 0 aliphatic heterocycles. The molecule has 1 aromatic rings. The average Bonchev–Trinajstić information content (AvgIpc) is 2.90. The summed E-state index contributed by atoms with van der Waals surface area (Å²) in [6.07, 6.45) is 4.35. The molecule has 21 heavy (non-hydrogen) atoms. The van der Waals surface area contributed by atoms with E-state index in [9.17, 15) is 10.1 Å². The first kappa shape index (κ1) is 15.3. The summed E-state index contributed by atoms with van der Waals surface area (Å²) in [5.41, 5.74) is 2.26. The molecule has 1 aromatic carbocycles. The van der Waals surface area contributed by atoms with Crippen LogP contribution in [0.15, 0.2) is 24.3 Å². The molecule has 1 aliphatic rings. The smallest absolute Gasteiger partial charge is 0.294 e. The van der Waals surface area contributed by atoms with Crippen molar-refractivity contribution < 1.29 is 14.7 Å². The summed E-state index contributed by atoms with van der Waals surface area (Å²) in [4.78, 5) is 15.2. The van der Waals surface area contributed by atoms with Crippen LogP contribution >= 0.6 is 0 Å². The third-order valence-electron chi connectivity index (χ3n) is 3.19. The van der Waals surface area contributed by atoms with Crippen LogP contribution in [0.3, 0.4) is 0 Å². The Labute approximate surface area is 123 Å². The maximum absolute atomic E-state index is 10.5. The van der Waals surface area contributed by atoms with Crippen LogP contribution in [0.25, 0.3) is 6.08 Å². The second-order valence-electron chi connectivity index (χ2n) is 5.26. The molecule has 0 bridgehead atoms. The number of nitrogens with zero attached hydrogens (tertiary/aromatic N) is 1. The molecule has 0 fully saturated rings. The minimum Gasteiger partial charge on any atom is -0.491 e. The monoisotopic (exact) mass is 292 g/mol. The number of hydrogen-bond donors (Lipinski definition) is 1. The van der Waals surface area contributed by atoms with Gasteiger partial charge in [-0.25, -0.2) is 0 Å². The second kappa shape index (κ2) is 7.08. The van der Waals surface area contributed by atoms with E-state index in [1.165, 1.54) is 5.56 Å². The van der Waals surface area contributed by atoms with Crippen molar-refractivity contribution in [3.63, 3.8) is 0 Å². The van der Waals surface area contributed by atoms with Gasteiger partial charge < -0.3 is 14.9 Å². The van der Waals surface area contributed by atoms with E-state index < -0.39 is 11.2 Å². The zero-order valence-corrected chi connectivity index (χ0v) is 12.2. The largest absolute Gasteiger partial charge is 0.491 e. The molecule has 6 nitrogen and oxygen atoms in total. The number of hydrogen-bond acceptors (Lipinski definition) is 5. The maximum Gasteiger partial charge on any atom is 0.294 e. The number of ether oxygens (including phenoxy) is 1. The van der Waals surface area contributed by atoms with Gasteiger partial charge in [-0.3, -0.25) is 0 Å². The van der Waals surface area contributed by atoms with E-state index in [-0.39, 0.29) is 12.6 Å². The number of rotatable bonds is 8. The van der Waals surface area contributed by atoms with Crippen LogP contribution in [0, 0.1) is 10.1 Å². The molecule has 1 atom stereocenters. The first-order chi connectivity index (χ1) is 10.1. The molecule has 114 valence electrons. The molecule has 0 heterocycles. The normalized spacial score (nSPS) is 14.0. The molecule has 0 radical (unpaired) electrons. The fourth-order valence-electron chi connectivity index (χ4n) is 2.18. The van der Waals surface area contributed by atoms with E-state index in [2.05, 4.69) is 16.2 Å². The number of allylic oxidation sites excluding steroid dienone is 1. The Morgan fingerprint density at radius 1 is 1.43 bits per heavy atom. The summed E-state index contributed by atoms with van der Waals surface area (Å²) in [5, 5.41) is 12.9. The van der Waals surface area contributed by atoms with E-state index in [1.807, 2.05) is 38.1 Å². The number of fused-ring (bicyclic) bond motifs is 1. The zero-order valence-electron chi connectivity index (χ0n) is 12.2. The zero-order chi connectivity index (χ0) is 15.2. The van der Waals surface area contributed by atoms with Gasteiger partial charge in [0.05, 0.1) is 0 Å². The van der Waals surface area contributed by atoms with Crippen LogP contribution in [-0.2, 0) is 11.3 Å². The molecule has 0 saturated heterocycles. The first-order valence-electron chi connectivity index (χ1n) is 7.02. The molecular weight excluding hydrogens is 272 g/mol. The number of benzene rings is 1. The molecule has 1 aliphatic carbocycles. The van der Waals surface area contributed by atoms with E-state index in [4.69, 9.17) is 4.74 Å². The highest BCUT2D eigenvalue weighted by Crippen LogP contribution is 2.29. The quantitative estimate of drug-likeness (QED) is 0.587. The van der Waals surface area contributed by atoms with E-state index in [0.717, 1.165) is 17.7 Å². The highest BCUT2D eigenvalue weighted by atomic mass is 17.0. The predicted molar refractivity (Wildman–Crippen MR) is 79.7 cm³/mol. The fraction of sp³-hybridized carbons (Fsp3) is 0.467. The van der Waals surface area contributed by atoms with Crippen LogP contribution in [-0.4, -0.2) is 30.4 Å². The molecule has 6 heteroatoms. The first-order valence-corrected chi connectivity index (χ1v) is 7.02. The lowest BCUT2D eigenvalue weighted by molar-refractivity contribution is -0.768. The van der Waals surface area contributed by atoms with Gasteiger partial charge in [0.2, 0.25) is 0 Å². The Morgan fingerprint density at radius 3 is 2.95 bits per heavy atom. The van der Waals surface area contributed by atoms with E-state index in [1.54, 1.807) is 0 Å². The van der Waals surface area contributed by atoms with Crippen LogP contribution in [0.2, 0.25) is 0 Å². The standard InChI is InChI=1S/C15H20N2O4/c1-11(2)16-9-13(21-17(18)19)10-20-15-8-4-6-12-5-3-7-14(12)15/h3-4,6-8,11,13,16H,5,9-10H2,1-2H3. The Bertz CT molecular complexity index is 528. The third-order valence-corrected chi connectivity index (χ3v) is 3.19. The molecule has 0 spiro atoms. The molecule has 2 rings (SSSR count). The van der Waals surface area contributed by atoms with Gasteiger partial charge in [0.1, 0.15) is 12.4 Å². The topological polar surface area (TPSA) is 73.6 Å². The highest BCUT2D eigenvalue weighted by molar-refractivity contribution is 5.66. The van der Waals surface area contributed by atoms with Crippen LogP contribution in [0.1, 0.15) is 25.0 Å². The van der Waals surface area contributed by atoms with Crippen molar-refractivity contribution in [2.24, 2.45) is 0 Å². The molecular formula is C15H20N2O4. The van der Waals surface area contributed by atoms with Gasteiger partial charge >= 0.3 is 0 Å².